The number of aryl methyl sites for hydroxylation is 1. The van der Waals surface area contributed by atoms with E-state index >= 15 is 0 Å². The summed E-state index contributed by atoms with van der Waals surface area (Å²) in [6, 6.07) is 12.2. The van der Waals surface area contributed by atoms with E-state index < -0.39 is 0 Å². The maximum absolute atomic E-state index is 5.99. The summed E-state index contributed by atoms with van der Waals surface area (Å²) in [6.45, 7) is 9.39. The summed E-state index contributed by atoms with van der Waals surface area (Å²) < 4.78 is 8.21. The van der Waals surface area contributed by atoms with Crippen molar-refractivity contribution in [1.29, 1.82) is 0 Å². The van der Waals surface area contributed by atoms with Crippen molar-refractivity contribution in [1.82, 2.24) is 9.55 Å². The van der Waals surface area contributed by atoms with Crippen LogP contribution < -0.4 is 4.74 Å². The van der Waals surface area contributed by atoms with Crippen LogP contribution in [0.15, 0.2) is 55.3 Å². The number of allylic oxidation sites excluding steroid dienone is 1. The summed E-state index contributed by atoms with van der Waals surface area (Å²) >= 11 is 0. The molecule has 2 aromatic heterocycles. The van der Waals surface area contributed by atoms with Gasteiger partial charge in [-0.15, -0.1) is 19.0 Å². The van der Waals surface area contributed by atoms with Crippen LogP contribution >= 0.6 is 12.4 Å². The smallest absolute Gasteiger partial charge is 0.238 e. The van der Waals surface area contributed by atoms with Gasteiger partial charge in [0.2, 0.25) is 5.88 Å². The molecule has 0 amide bonds. The molecule has 0 aliphatic heterocycles. The van der Waals surface area contributed by atoms with E-state index in [9.17, 15) is 0 Å². The largest absolute Gasteiger partial charge is 0.471 e. The van der Waals surface area contributed by atoms with Gasteiger partial charge < -0.3 is 9.30 Å². The van der Waals surface area contributed by atoms with E-state index in [4.69, 9.17) is 4.74 Å². The van der Waals surface area contributed by atoms with Gasteiger partial charge in [0.05, 0.1) is 0 Å². The maximum Gasteiger partial charge on any atom is 0.238 e. The third kappa shape index (κ3) is 3.25. The number of nitrogens with zero attached hydrogens (tertiary/aromatic N) is 2. The zero-order valence-corrected chi connectivity index (χ0v) is 14.3. The van der Waals surface area contributed by atoms with Crippen molar-refractivity contribution in [2.45, 2.75) is 27.0 Å². The fourth-order valence-corrected chi connectivity index (χ4v) is 2.75. The molecule has 4 heteroatoms. The highest BCUT2D eigenvalue weighted by Gasteiger charge is 2.15. The van der Waals surface area contributed by atoms with Crippen LogP contribution in [0.1, 0.15) is 16.8 Å². The average Bonchev–Trinajstić information content (AvgIpc) is 2.80. The fourth-order valence-electron chi connectivity index (χ4n) is 2.75. The molecule has 0 spiro atoms. The molecule has 0 aliphatic rings. The Hall–Kier alpha value is -2.26. The summed E-state index contributed by atoms with van der Waals surface area (Å²) in [6.07, 6.45) is 3.72. The van der Waals surface area contributed by atoms with Crippen molar-refractivity contribution >= 4 is 23.3 Å². The molecule has 120 valence electrons. The minimum Gasteiger partial charge on any atom is -0.471 e. The first-order valence-electron chi connectivity index (χ1n) is 7.44. The summed E-state index contributed by atoms with van der Waals surface area (Å²) in [7, 11) is 0. The van der Waals surface area contributed by atoms with Gasteiger partial charge in [-0.2, -0.15) is 0 Å². The van der Waals surface area contributed by atoms with Crippen molar-refractivity contribution in [3.8, 4) is 5.88 Å². The van der Waals surface area contributed by atoms with Gasteiger partial charge in [0.1, 0.15) is 12.1 Å². The monoisotopic (exact) mass is 328 g/mol. The second-order valence-corrected chi connectivity index (χ2v) is 5.40. The van der Waals surface area contributed by atoms with Gasteiger partial charge >= 0.3 is 0 Å². The minimum absolute atomic E-state index is 0. The highest BCUT2D eigenvalue weighted by atomic mass is 35.5. The first-order chi connectivity index (χ1) is 10.7. The van der Waals surface area contributed by atoms with E-state index in [-0.39, 0.29) is 12.4 Å². The highest BCUT2D eigenvalue weighted by Crippen LogP contribution is 2.31. The molecule has 0 saturated heterocycles. The lowest BCUT2D eigenvalue weighted by atomic mass is 10.2. The van der Waals surface area contributed by atoms with Gasteiger partial charge in [0.15, 0.2) is 0 Å². The Balaban J connectivity index is 0.00000192. The second-order valence-electron chi connectivity index (χ2n) is 5.40. The van der Waals surface area contributed by atoms with Gasteiger partial charge in [-0.3, -0.25) is 0 Å². The van der Waals surface area contributed by atoms with Gasteiger partial charge in [0, 0.05) is 23.8 Å². The number of rotatable bonds is 5. The van der Waals surface area contributed by atoms with Gasteiger partial charge in [0.25, 0.3) is 0 Å². The zero-order chi connectivity index (χ0) is 15.5. The molecule has 0 aliphatic carbocycles. The van der Waals surface area contributed by atoms with E-state index in [0.29, 0.717) is 12.5 Å². The van der Waals surface area contributed by atoms with Crippen molar-refractivity contribution < 1.29 is 4.74 Å². The zero-order valence-electron chi connectivity index (χ0n) is 13.5. The first kappa shape index (κ1) is 17.1. The predicted octanol–water partition coefficient (Wildman–Crippen LogP) is 4.84. The third-order valence-electron chi connectivity index (χ3n) is 4.04. The number of aromatic nitrogens is 2. The predicted molar refractivity (Wildman–Crippen MR) is 97.4 cm³/mol. The first-order valence-corrected chi connectivity index (χ1v) is 7.44. The molecule has 0 N–H and O–H groups in total. The average molecular weight is 329 g/mol. The van der Waals surface area contributed by atoms with Crippen LogP contribution in [0.2, 0.25) is 0 Å². The molecule has 3 aromatic rings. The molecular weight excluding hydrogens is 308 g/mol. The van der Waals surface area contributed by atoms with E-state index in [0.717, 1.165) is 17.6 Å². The van der Waals surface area contributed by atoms with Crippen LogP contribution in [-0.2, 0) is 13.2 Å². The lowest BCUT2D eigenvalue weighted by Crippen LogP contribution is -2.02. The lowest BCUT2D eigenvalue weighted by molar-refractivity contribution is 0.296. The molecule has 3 rings (SSSR count). The van der Waals surface area contributed by atoms with Crippen molar-refractivity contribution in [2.24, 2.45) is 0 Å². The SMILES string of the molecule is C=CCn1c(C)c(C)c2ccnc(OCc3ccccc3)c21.Cl. The molecule has 2 heterocycles. The fraction of sp³-hybridized carbons (Fsp3) is 0.211. The molecular formula is C19H21ClN2O. The Bertz CT molecular complexity index is 809. The Morgan fingerprint density at radius 3 is 2.61 bits per heavy atom. The van der Waals surface area contributed by atoms with Crippen LogP contribution in [0.5, 0.6) is 5.88 Å². The van der Waals surface area contributed by atoms with E-state index in [1.54, 1.807) is 0 Å². The van der Waals surface area contributed by atoms with Gasteiger partial charge in [-0.1, -0.05) is 36.4 Å². The molecule has 0 saturated carbocycles. The number of benzene rings is 1. The quantitative estimate of drug-likeness (QED) is 0.627. The van der Waals surface area contributed by atoms with Gasteiger partial charge in [-0.25, -0.2) is 4.98 Å². The lowest BCUT2D eigenvalue weighted by Gasteiger charge is -2.10. The minimum atomic E-state index is 0. The van der Waals surface area contributed by atoms with E-state index in [2.05, 4.69) is 42.1 Å². The number of ether oxygens (including phenoxy) is 1. The Labute approximate surface area is 143 Å². The standard InChI is InChI=1S/C19H20N2O.ClH/c1-4-12-21-15(3)14(2)17-10-11-20-19(18(17)21)22-13-16-8-6-5-7-9-16;/h4-11H,1,12-13H2,2-3H3;1H. The number of pyridine rings is 1. The van der Waals surface area contributed by atoms with Crippen LogP contribution in [0, 0.1) is 13.8 Å². The van der Waals surface area contributed by atoms with Crippen molar-refractivity contribution in [3.05, 3.63) is 72.1 Å². The van der Waals surface area contributed by atoms with Crippen LogP contribution in [0.4, 0.5) is 0 Å². The molecule has 0 radical (unpaired) electrons. The Kier molecular flexibility index (Phi) is 5.45. The molecule has 0 unspecified atom stereocenters. The molecule has 0 fully saturated rings. The number of hydrogen-bond acceptors (Lipinski definition) is 2. The molecule has 0 bridgehead atoms. The molecule has 1 aromatic carbocycles. The third-order valence-corrected chi connectivity index (χ3v) is 4.04. The second kappa shape index (κ2) is 7.34. The molecule has 23 heavy (non-hydrogen) atoms. The van der Waals surface area contributed by atoms with Crippen molar-refractivity contribution in [2.75, 3.05) is 0 Å². The van der Waals surface area contributed by atoms with Gasteiger partial charge in [-0.05, 0) is 31.0 Å². The van der Waals surface area contributed by atoms with Crippen LogP contribution in [0.3, 0.4) is 0 Å². The highest BCUT2D eigenvalue weighted by molar-refractivity contribution is 5.88. The maximum atomic E-state index is 5.99. The Morgan fingerprint density at radius 2 is 1.91 bits per heavy atom. The summed E-state index contributed by atoms with van der Waals surface area (Å²) in [4.78, 5) is 4.44. The summed E-state index contributed by atoms with van der Waals surface area (Å²) in [5, 5.41) is 1.19. The number of fused-ring (bicyclic) bond motifs is 1. The summed E-state index contributed by atoms with van der Waals surface area (Å²) in [5.74, 6) is 0.680. The summed E-state index contributed by atoms with van der Waals surface area (Å²) in [5.41, 5.74) is 4.68. The normalized spacial score (nSPS) is 10.3. The van der Waals surface area contributed by atoms with E-state index in [1.165, 1.54) is 16.6 Å². The van der Waals surface area contributed by atoms with E-state index in [1.807, 2.05) is 36.5 Å². The molecule has 3 nitrogen and oxygen atoms in total. The number of hydrogen-bond donors (Lipinski definition) is 0. The van der Waals surface area contributed by atoms with Crippen LogP contribution in [-0.4, -0.2) is 9.55 Å². The Morgan fingerprint density at radius 1 is 1.17 bits per heavy atom. The number of halogens is 1. The van der Waals surface area contributed by atoms with Crippen molar-refractivity contribution in [3.63, 3.8) is 0 Å². The topological polar surface area (TPSA) is 27.1 Å². The van der Waals surface area contributed by atoms with Crippen LogP contribution in [0.25, 0.3) is 10.9 Å². The molecule has 0 atom stereocenters.